The summed E-state index contributed by atoms with van der Waals surface area (Å²) in [6.45, 7) is 1.68. The Morgan fingerprint density at radius 2 is 1.75 bits per heavy atom. The van der Waals surface area contributed by atoms with Gasteiger partial charge in [-0.2, -0.15) is 5.11 Å². The van der Waals surface area contributed by atoms with Crippen LogP contribution < -0.4 is 4.74 Å². The minimum Gasteiger partial charge on any atom is -0.460 e. The molecular weight excluding hydrogens is 200 g/mol. The average molecular weight is 219 g/mol. The summed E-state index contributed by atoms with van der Waals surface area (Å²) in [5.74, 6) is -0.436. The predicted octanol–water partition coefficient (Wildman–Crippen LogP) is 3.79. The van der Waals surface area contributed by atoms with Crippen molar-refractivity contribution in [2.75, 3.05) is 0 Å². The summed E-state index contributed by atoms with van der Waals surface area (Å²) < 4.78 is 5.59. The van der Waals surface area contributed by atoms with Gasteiger partial charge in [-0.05, 0) is 25.0 Å². The monoisotopic (exact) mass is 219 g/mol. The van der Waals surface area contributed by atoms with Gasteiger partial charge < -0.3 is 4.74 Å². The Morgan fingerprint density at radius 3 is 2.38 bits per heavy atom. The van der Waals surface area contributed by atoms with Crippen LogP contribution in [0.3, 0.4) is 0 Å². The highest BCUT2D eigenvalue weighted by atomic mass is 16.6. The van der Waals surface area contributed by atoms with Crippen molar-refractivity contribution in [1.29, 1.82) is 0 Å². The molecule has 1 aromatic carbocycles. The molecule has 16 heavy (non-hydrogen) atoms. The first-order valence-electron chi connectivity index (χ1n) is 6.13. The van der Waals surface area contributed by atoms with Crippen molar-refractivity contribution in [2.24, 2.45) is 5.92 Å². The molecule has 1 aliphatic carbocycles. The first kappa shape index (κ1) is 11.5. The van der Waals surface area contributed by atoms with Crippen LogP contribution in [0.25, 0.3) is 0 Å². The maximum Gasteiger partial charge on any atom is 0.241 e. The highest BCUT2D eigenvalue weighted by molar-refractivity contribution is 5.21. The molecule has 0 amide bonds. The van der Waals surface area contributed by atoms with Crippen LogP contribution in [-0.4, -0.2) is 5.79 Å². The van der Waals surface area contributed by atoms with Crippen molar-refractivity contribution in [2.45, 2.75) is 44.8 Å². The normalized spacial score (nSPS) is 21.4. The van der Waals surface area contributed by atoms with E-state index in [-0.39, 0.29) is 5.92 Å². The van der Waals surface area contributed by atoms with Crippen LogP contribution in [0, 0.1) is 5.92 Å². The SMILES string of the molecule is CC([O])(Oc1ccccc1)C1CCCCC1. The van der Waals surface area contributed by atoms with Gasteiger partial charge in [0.05, 0.1) is 0 Å². The molecule has 0 saturated heterocycles. The van der Waals surface area contributed by atoms with Gasteiger partial charge in [-0.1, -0.05) is 37.5 Å². The first-order valence-corrected chi connectivity index (χ1v) is 6.13. The van der Waals surface area contributed by atoms with Crippen LogP contribution in [0.4, 0.5) is 0 Å². The molecule has 1 aliphatic rings. The maximum atomic E-state index is 12.4. The fourth-order valence-electron chi connectivity index (χ4n) is 2.43. The Morgan fingerprint density at radius 1 is 1.12 bits per heavy atom. The molecule has 2 heteroatoms. The largest absolute Gasteiger partial charge is 0.460 e. The Labute approximate surface area is 97.3 Å². The van der Waals surface area contributed by atoms with Gasteiger partial charge in [0.2, 0.25) is 5.79 Å². The molecule has 0 N–H and O–H groups in total. The van der Waals surface area contributed by atoms with Crippen molar-refractivity contribution >= 4 is 0 Å². The van der Waals surface area contributed by atoms with Gasteiger partial charge in [0.15, 0.2) is 0 Å². The van der Waals surface area contributed by atoms with E-state index in [4.69, 9.17) is 4.74 Å². The van der Waals surface area contributed by atoms with Crippen LogP contribution >= 0.6 is 0 Å². The molecule has 0 aliphatic heterocycles. The van der Waals surface area contributed by atoms with E-state index in [1.165, 1.54) is 19.3 Å². The molecule has 1 atom stereocenters. The van der Waals surface area contributed by atoms with Gasteiger partial charge in [-0.25, -0.2) is 0 Å². The second-order valence-electron chi connectivity index (χ2n) is 4.77. The van der Waals surface area contributed by atoms with Crippen molar-refractivity contribution in [3.05, 3.63) is 30.3 Å². The molecule has 1 radical (unpaired) electrons. The van der Waals surface area contributed by atoms with Crippen LogP contribution in [0.15, 0.2) is 30.3 Å². The highest BCUT2D eigenvalue weighted by Gasteiger charge is 2.36. The van der Waals surface area contributed by atoms with E-state index in [0.717, 1.165) is 12.8 Å². The molecule has 0 bridgehead atoms. The lowest BCUT2D eigenvalue weighted by Gasteiger charge is -2.33. The van der Waals surface area contributed by atoms with Gasteiger partial charge in [-0.3, -0.25) is 0 Å². The van der Waals surface area contributed by atoms with Crippen molar-refractivity contribution in [3.63, 3.8) is 0 Å². The summed E-state index contributed by atoms with van der Waals surface area (Å²) in [5, 5.41) is 12.4. The fourth-order valence-corrected chi connectivity index (χ4v) is 2.43. The Balaban J connectivity index is 2.01. The van der Waals surface area contributed by atoms with E-state index in [1.54, 1.807) is 6.92 Å². The average Bonchev–Trinajstić information content (AvgIpc) is 2.31. The van der Waals surface area contributed by atoms with Gasteiger partial charge in [-0.15, -0.1) is 0 Å². The molecular formula is C14H19O2. The third-order valence-electron chi connectivity index (χ3n) is 3.41. The molecule has 1 saturated carbocycles. The van der Waals surface area contributed by atoms with E-state index < -0.39 is 5.79 Å². The van der Waals surface area contributed by atoms with Crippen molar-refractivity contribution in [3.8, 4) is 5.75 Å². The third-order valence-corrected chi connectivity index (χ3v) is 3.41. The van der Waals surface area contributed by atoms with E-state index in [9.17, 15) is 5.11 Å². The summed E-state index contributed by atoms with van der Waals surface area (Å²) in [6, 6.07) is 9.41. The van der Waals surface area contributed by atoms with Crippen LogP contribution in [0.2, 0.25) is 0 Å². The molecule has 1 fully saturated rings. The lowest BCUT2D eigenvalue weighted by Crippen LogP contribution is -2.40. The Bertz CT molecular complexity index is 313. The number of hydrogen-bond donors (Lipinski definition) is 0. The third kappa shape index (κ3) is 2.76. The van der Waals surface area contributed by atoms with E-state index in [0.29, 0.717) is 5.75 Å². The molecule has 0 aromatic heterocycles. The zero-order chi connectivity index (χ0) is 11.4. The molecule has 0 heterocycles. The second kappa shape index (κ2) is 4.88. The topological polar surface area (TPSA) is 29.1 Å². The van der Waals surface area contributed by atoms with Crippen LogP contribution in [0.5, 0.6) is 5.75 Å². The number of benzene rings is 1. The number of rotatable bonds is 3. The fraction of sp³-hybridized carbons (Fsp3) is 0.571. The molecule has 1 unspecified atom stereocenters. The van der Waals surface area contributed by atoms with Crippen LogP contribution in [0.1, 0.15) is 39.0 Å². The Kier molecular flexibility index (Phi) is 3.49. The second-order valence-corrected chi connectivity index (χ2v) is 4.77. The molecule has 2 nitrogen and oxygen atoms in total. The number of hydrogen-bond acceptors (Lipinski definition) is 1. The van der Waals surface area contributed by atoms with Crippen LogP contribution in [-0.2, 0) is 5.11 Å². The van der Waals surface area contributed by atoms with Crippen molar-refractivity contribution < 1.29 is 9.84 Å². The highest BCUT2D eigenvalue weighted by Crippen LogP contribution is 2.34. The number of para-hydroxylation sites is 1. The maximum absolute atomic E-state index is 12.4. The van der Waals surface area contributed by atoms with Crippen molar-refractivity contribution in [1.82, 2.24) is 0 Å². The zero-order valence-corrected chi connectivity index (χ0v) is 9.82. The van der Waals surface area contributed by atoms with E-state index >= 15 is 0 Å². The summed E-state index contributed by atoms with van der Waals surface area (Å²) in [5.41, 5.74) is 0. The zero-order valence-electron chi connectivity index (χ0n) is 9.82. The minimum absolute atomic E-state index is 0.154. The molecule has 87 valence electrons. The quantitative estimate of drug-likeness (QED) is 0.711. The summed E-state index contributed by atoms with van der Waals surface area (Å²) in [4.78, 5) is 0. The molecule has 1 aromatic rings. The summed E-state index contributed by atoms with van der Waals surface area (Å²) in [6.07, 6.45) is 5.61. The molecule has 2 rings (SSSR count). The number of ether oxygens (including phenoxy) is 1. The van der Waals surface area contributed by atoms with Gasteiger partial charge in [0.25, 0.3) is 0 Å². The van der Waals surface area contributed by atoms with Gasteiger partial charge in [0, 0.05) is 12.8 Å². The smallest absolute Gasteiger partial charge is 0.241 e. The first-order chi connectivity index (χ1) is 7.68. The van der Waals surface area contributed by atoms with E-state index in [2.05, 4.69) is 0 Å². The summed E-state index contributed by atoms with van der Waals surface area (Å²) >= 11 is 0. The van der Waals surface area contributed by atoms with Gasteiger partial charge in [0.1, 0.15) is 5.75 Å². The summed E-state index contributed by atoms with van der Waals surface area (Å²) in [7, 11) is 0. The minimum atomic E-state index is -1.28. The molecule has 0 spiro atoms. The van der Waals surface area contributed by atoms with Gasteiger partial charge >= 0.3 is 0 Å². The lowest BCUT2D eigenvalue weighted by atomic mass is 9.84. The Hall–Kier alpha value is -1.02. The predicted molar refractivity (Wildman–Crippen MR) is 62.7 cm³/mol. The standard InChI is InChI=1S/C14H19O2/c1-14(15,12-8-4-2-5-9-12)16-13-10-6-3-7-11-13/h3,6-7,10-12H,2,4-5,8-9H2,1H3. The lowest BCUT2D eigenvalue weighted by molar-refractivity contribution is -0.212. The van der Waals surface area contributed by atoms with E-state index in [1.807, 2.05) is 30.3 Å².